The molecule has 1 aromatic carbocycles. The fourth-order valence-corrected chi connectivity index (χ4v) is 3.06. The Kier molecular flexibility index (Phi) is 3.31. The highest BCUT2D eigenvalue weighted by Crippen LogP contribution is 2.34. The number of nitrogens with one attached hydrogen (secondary N) is 1. The summed E-state index contributed by atoms with van der Waals surface area (Å²) in [6.07, 6.45) is 0.607. The largest absolute Gasteiger partial charge is 0.355 e. The van der Waals surface area contributed by atoms with Gasteiger partial charge in [-0.3, -0.25) is 4.79 Å². The van der Waals surface area contributed by atoms with Crippen LogP contribution in [0.25, 0.3) is 0 Å². The van der Waals surface area contributed by atoms with Crippen molar-refractivity contribution in [2.75, 3.05) is 12.3 Å². The van der Waals surface area contributed by atoms with E-state index in [1.165, 1.54) is 11.1 Å². The molecule has 0 unspecified atom stereocenters. The van der Waals surface area contributed by atoms with Crippen LogP contribution >= 0.6 is 11.8 Å². The molecular formula is C12H15NOS. The van der Waals surface area contributed by atoms with Crippen LogP contribution in [-0.2, 0) is 4.79 Å². The first kappa shape index (κ1) is 10.6. The van der Waals surface area contributed by atoms with E-state index in [2.05, 4.69) is 24.4 Å². The summed E-state index contributed by atoms with van der Waals surface area (Å²) in [4.78, 5) is 11.5. The summed E-state index contributed by atoms with van der Waals surface area (Å²) in [5, 5.41) is 3.23. The van der Waals surface area contributed by atoms with Gasteiger partial charge in [0, 0.05) is 24.0 Å². The maximum Gasteiger partial charge on any atom is 0.221 e. The molecule has 2 rings (SSSR count). The lowest BCUT2D eigenvalue weighted by molar-refractivity contribution is -0.120. The van der Waals surface area contributed by atoms with Crippen LogP contribution < -0.4 is 5.32 Å². The van der Waals surface area contributed by atoms with Gasteiger partial charge in [-0.2, -0.15) is 11.8 Å². The first-order valence-electron chi connectivity index (χ1n) is 5.21. The lowest BCUT2D eigenvalue weighted by atomic mass is 10.0. The average molecular weight is 221 g/mol. The number of hydrogen-bond acceptors (Lipinski definition) is 2. The topological polar surface area (TPSA) is 29.1 Å². The molecule has 1 aliphatic heterocycles. The number of thioether (sulfide) groups is 1. The van der Waals surface area contributed by atoms with Crippen LogP contribution in [0, 0.1) is 6.92 Å². The zero-order valence-electron chi connectivity index (χ0n) is 8.82. The Morgan fingerprint density at radius 2 is 2.20 bits per heavy atom. The second kappa shape index (κ2) is 4.71. The highest BCUT2D eigenvalue weighted by atomic mass is 32.2. The van der Waals surface area contributed by atoms with Gasteiger partial charge < -0.3 is 5.32 Å². The number of carbonyl (C=O) groups excluding carboxylic acids is 1. The molecule has 2 nitrogen and oxygen atoms in total. The van der Waals surface area contributed by atoms with E-state index in [0.717, 1.165) is 12.3 Å². The van der Waals surface area contributed by atoms with Gasteiger partial charge in [0.15, 0.2) is 0 Å². The lowest BCUT2D eigenvalue weighted by Gasteiger charge is -2.15. The van der Waals surface area contributed by atoms with E-state index in [4.69, 9.17) is 0 Å². The van der Waals surface area contributed by atoms with E-state index in [9.17, 15) is 4.79 Å². The summed E-state index contributed by atoms with van der Waals surface area (Å²) in [5.41, 5.74) is 2.59. The molecule has 1 N–H and O–H groups in total. The predicted molar refractivity (Wildman–Crippen MR) is 64.0 cm³/mol. The van der Waals surface area contributed by atoms with Crippen molar-refractivity contribution in [3.63, 3.8) is 0 Å². The fraction of sp³-hybridized carbons (Fsp3) is 0.417. The van der Waals surface area contributed by atoms with E-state index >= 15 is 0 Å². The van der Waals surface area contributed by atoms with Crippen molar-refractivity contribution >= 4 is 17.7 Å². The molecule has 0 aromatic heterocycles. The van der Waals surface area contributed by atoms with Crippen LogP contribution in [0.1, 0.15) is 22.8 Å². The summed E-state index contributed by atoms with van der Waals surface area (Å²) >= 11 is 1.87. The number of benzene rings is 1. The Labute approximate surface area is 94.4 Å². The Morgan fingerprint density at radius 1 is 1.40 bits per heavy atom. The standard InChI is InChI=1S/C12H15NOS/c1-9-4-2-3-5-10(9)11-8-12(14)13-6-7-15-11/h2-5,11H,6-8H2,1H3,(H,13,14)/t11-/m1/s1. The van der Waals surface area contributed by atoms with Gasteiger partial charge in [-0.1, -0.05) is 24.3 Å². The summed E-state index contributed by atoms with van der Waals surface area (Å²) in [6.45, 7) is 2.91. The van der Waals surface area contributed by atoms with Crippen molar-refractivity contribution in [1.29, 1.82) is 0 Å². The first-order chi connectivity index (χ1) is 7.27. The third-order valence-corrected chi connectivity index (χ3v) is 3.91. The maximum absolute atomic E-state index is 11.5. The van der Waals surface area contributed by atoms with Gasteiger partial charge in [0.05, 0.1) is 0 Å². The van der Waals surface area contributed by atoms with Crippen LogP contribution in [-0.4, -0.2) is 18.2 Å². The van der Waals surface area contributed by atoms with Gasteiger partial charge in [0.2, 0.25) is 5.91 Å². The van der Waals surface area contributed by atoms with Crippen LogP contribution in [0.4, 0.5) is 0 Å². The predicted octanol–water partition coefficient (Wildman–Crippen LogP) is 2.29. The minimum atomic E-state index is 0.174. The summed E-state index contributed by atoms with van der Waals surface area (Å²) < 4.78 is 0. The molecule has 0 spiro atoms. The quantitative estimate of drug-likeness (QED) is 0.788. The number of amides is 1. The Balaban J connectivity index is 2.22. The third kappa shape index (κ3) is 2.53. The van der Waals surface area contributed by atoms with Gasteiger partial charge in [-0.05, 0) is 18.1 Å². The van der Waals surface area contributed by atoms with E-state index < -0.39 is 0 Å². The average Bonchev–Trinajstić information content (AvgIpc) is 2.43. The second-order valence-corrected chi connectivity index (χ2v) is 5.08. The molecular weight excluding hydrogens is 206 g/mol. The number of hydrogen-bond donors (Lipinski definition) is 1. The molecule has 1 amide bonds. The minimum Gasteiger partial charge on any atom is -0.355 e. The van der Waals surface area contributed by atoms with Crippen LogP contribution in [0.5, 0.6) is 0 Å². The summed E-state index contributed by atoms with van der Waals surface area (Å²) in [7, 11) is 0. The molecule has 1 aliphatic rings. The molecule has 0 bridgehead atoms. The number of rotatable bonds is 1. The number of carbonyl (C=O) groups is 1. The Hall–Kier alpha value is -0.960. The molecule has 15 heavy (non-hydrogen) atoms. The van der Waals surface area contributed by atoms with Crippen LogP contribution in [0.15, 0.2) is 24.3 Å². The number of aryl methyl sites for hydroxylation is 1. The van der Waals surface area contributed by atoms with E-state index in [0.29, 0.717) is 11.7 Å². The van der Waals surface area contributed by atoms with Crippen LogP contribution in [0.2, 0.25) is 0 Å². The third-order valence-electron chi connectivity index (χ3n) is 2.65. The van der Waals surface area contributed by atoms with Crippen molar-refractivity contribution in [3.05, 3.63) is 35.4 Å². The first-order valence-corrected chi connectivity index (χ1v) is 6.26. The van der Waals surface area contributed by atoms with Crippen LogP contribution in [0.3, 0.4) is 0 Å². The van der Waals surface area contributed by atoms with Crippen molar-refractivity contribution < 1.29 is 4.79 Å². The van der Waals surface area contributed by atoms with Gasteiger partial charge in [-0.25, -0.2) is 0 Å². The lowest BCUT2D eigenvalue weighted by Crippen LogP contribution is -2.23. The molecule has 80 valence electrons. The molecule has 1 aromatic rings. The highest BCUT2D eigenvalue weighted by molar-refractivity contribution is 7.99. The maximum atomic E-state index is 11.5. The highest BCUT2D eigenvalue weighted by Gasteiger charge is 2.20. The molecule has 1 atom stereocenters. The van der Waals surface area contributed by atoms with Gasteiger partial charge in [-0.15, -0.1) is 0 Å². The van der Waals surface area contributed by atoms with Gasteiger partial charge >= 0.3 is 0 Å². The Morgan fingerprint density at radius 3 is 3.00 bits per heavy atom. The molecule has 0 radical (unpaired) electrons. The molecule has 1 saturated heterocycles. The van der Waals surface area contributed by atoms with Crippen molar-refractivity contribution in [3.8, 4) is 0 Å². The van der Waals surface area contributed by atoms with Crippen molar-refractivity contribution in [1.82, 2.24) is 5.32 Å². The zero-order valence-corrected chi connectivity index (χ0v) is 9.64. The summed E-state index contributed by atoms with van der Waals surface area (Å²) in [6, 6.07) is 8.33. The SMILES string of the molecule is Cc1ccccc1[C@H]1CC(=O)NCCS1. The van der Waals surface area contributed by atoms with E-state index in [1.54, 1.807) is 0 Å². The van der Waals surface area contributed by atoms with E-state index in [1.807, 2.05) is 23.9 Å². The normalized spacial score (nSPS) is 21.9. The smallest absolute Gasteiger partial charge is 0.221 e. The second-order valence-electron chi connectivity index (χ2n) is 3.77. The Bertz CT molecular complexity index is 364. The van der Waals surface area contributed by atoms with Crippen molar-refractivity contribution in [2.24, 2.45) is 0 Å². The van der Waals surface area contributed by atoms with Crippen molar-refractivity contribution in [2.45, 2.75) is 18.6 Å². The summed E-state index contributed by atoms with van der Waals surface area (Å²) in [5.74, 6) is 1.18. The minimum absolute atomic E-state index is 0.174. The monoisotopic (exact) mass is 221 g/mol. The fourth-order valence-electron chi connectivity index (χ4n) is 1.84. The molecule has 3 heteroatoms. The van der Waals surface area contributed by atoms with E-state index in [-0.39, 0.29) is 5.91 Å². The molecule has 0 aliphatic carbocycles. The molecule has 1 heterocycles. The van der Waals surface area contributed by atoms with Gasteiger partial charge in [0.25, 0.3) is 0 Å². The molecule has 0 saturated carbocycles. The zero-order chi connectivity index (χ0) is 10.7. The molecule has 1 fully saturated rings. The van der Waals surface area contributed by atoms with Gasteiger partial charge in [0.1, 0.15) is 0 Å².